The highest BCUT2D eigenvalue weighted by molar-refractivity contribution is 15.0. The summed E-state index contributed by atoms with van der Waals surface area (Å²) in [5.74, 6) is 0. The molecule has 0 nitrogen and oxygen atoms in total. The van der Waals surface area contributed by atoms with Gasteiger partial charge in [0.15, 0.2) is 0 Å². The van der Waals surface area contributed by atoms with Gasteiger partial charge in [-0.1, -0.05) is 0 Å². The van der Waals surface area contributed by atoms with E-state index < -0.39 is 0 Å². The Bertz CT molecular complexity index is 6.85. The van der Waals surface area contributed by atoms with Crippen molar-refractivity contribution < 1.29 is 0 Å². The van der Waals surface area contributed by atoms with E-state index in [1.54, 1.807) is 9.84 Å². The average Bonchev–Trinajstić information content (AvgIpc) is 1.50. The molecule has 30 valence electrons. The van der Waals surface area contributed by atoms with E-state index in [1.165, 1.54) is 0 Å². The number of hydrogen-bond acceptors (Lipinski definition) is 0. The second kappa shape index (κ2) is 17.5. The summed E-state index contributed by atoms with van der Waals surface area (Å²) in [4.78, 5) is 0. The first-order valence-corrected chi connectivity index (χ1v) is 6.43. The monoisotopic (exact) mass is 417 g/mol. The minimum Gasteiger partial charge on any atom is -0.153 e. The molecule has 0 saturated heterocycles. The molecule has 4 heavy (non-hydrogen) atoms. The van der Waals surface area contributed by atoms with Crippen molar-refractivity contribution in [2.75, 3.05) is 0 Å². The Morgan fingerprint density at radius 2 is 1.50 bits per heavy atom. The van der Waals surface area contributed by atoms with Crippen molar-refractivity contribution >= 4 is 71.1 Å². The fraction of sp³-hybridized carbons (Fsp3) is 0. The summed E-state index contributed by atoms with van der Waals surface area (Å²) in [6, 6.07) is 0. The molecule has 0 bridgehead atoms. The molecule has 0 aromatic rings. The molecule has 0 aliphatic heterocycles. The van der Waals surface area contributed by atoms with Crippen molar-refractivity contribution in [2.24, 2.45) is 0 Å². The molecule has 0 N–H and O–H groups in total. The van der Waals surface area contributed by atoms with Gasteiger partial charge in [0.05, 0.1) is 1.28 Å². The average molecular weight is 417 g/mol. The molecular weight excluding hydrogens is 412 g/mol. The van der Waals surface area contributed by atoms with Crippen LogP contribution < -0.4 is 0 Å². The summed E-state index contributed by atoms with van der Waals surface area (Å²) < 4.78 is 5.67. The molecule has 0 aromatic heterocycles. The van der Waals surface area contributed by atoms with Gasteiger partial charge in [-0.05, 0) is 0 Å². The lowest BCUT2D eigenvalue weighted by Crippen LogP contribution is -0.114. The van der Waals surface area contributed by atoms with Gasteiger partial charge in [0.1, 0.15) is 0 Å². The summed E-state index contributed by atoms with van der Waals surface area (Å²) in [6.07, 6.45) is 0. The molecule has 0 radical (unpaired) electrons. The quantitative estimate of drug-likeness (QED) is 0.420. The Morgan fingerprint density at radius 1 is 1.50 bits per heavy atom. The van der Waals surface area contributed by atoms with Gasteiger partial charge in [0.25, 0.3) is 0 Å². The lowest BCUT2D eigenvalue weighted by atomic mass is 31.0. The number of halogens is 3. The Balaban J connectivity index is -0.0000000133. The van der Waals surface area contributed by atoms with Gasteiger partial charge in [-0.3, -0.25) is 0 Å². The Hall–Kier alpha value is 2.62. The molecule has 0 rings (SSSR count). The van der Waals surface area contributed by atoms with E-state index in [-0.39, 0.29) is 24.0 Å². The zero-order valence-electron chi connectivity index (χ0n) is 2.74. The molecule has 0 amide bonds. The predicted molar refractivity (Wildman–Crippen MR) is 54.6 cm³/mol. The maximum atomic E-state index is 5.67. The molecule has 0 heterocycles. The third-order valence-electron chi connectivity index (χ3n) is 0. The van der Waals surface area contributed by atoms with Crippen LogP contribution in [0.1, 0.15) is 0 Å². The Labute approximate surface area is 71.1 Å². The zero-order valence-corrected chi connectivity index (χ0v) is 9.54. The summed E-state index contributed by atoms with van der Waals surface area (Å²) in [5, 5.41) is 0. The molecule has 0 aliphatic rings. The Morgan fingerprint density at radius 3 is 1.50 bits per heavy atom. The van der Waals surface area contributed by atoms with Crippen LogP contribution >= 0.6 is 71.1 Å². The highest BCUT2D eigenvalue weighted by Gasteiger charge is 1.00. The lowest BCUT2D eigenvalue weighted by Gasteiger charge is -1.00. The number of hydrogen-bond donors (Lipinski definition) is 0. The van der Waals surface area contributed by atoms with E-state index >= 15 is 0 Å². The van der Waals surface area contributed by atoms with Crippen molar-refractivity contribution in [1.82, 2.24) is 0 Å². The fourth-order valence-corrected chi connectivity index (χ4v) is 0. The first-order chi connectivity index (χ1) is 2.00. The van der Waals surface area contributed by atoms with E-state index in [4.69, 9.17) is 1.28 Å². The largest absolute Gasteiger partial charge is 0.153 e. The predicted octanol–water partition coefficient (Wildman–Crippen LogP) is 2.45. The molecule has 1 unspecified atom stereocenters. The van der Waals surface area contributed by atoms with Crippen LogP contribution in [-0.2, 0) is 0 Å². The second-order valence-corrected chi connectivity index (χ2v) is 0. The molecule has 1 atom stereocenters. The van der Waals surface area contributed by atoms with E-state index in [1.807, 2.05) is 0 Å². The maximum absolute atomic E-state index is 5.67. The van der Waals surface area contributed by atoms with Crippen molar-refractivity contribution in [3.05, 3.63) is 0 Å². The van der Waals surface area contributed by atoms with Crippen LogP contribution in [0.5, 0.6) is 0 Å². The summed E-state index contributed by atoms with van der Waals surface area (Å²) in [5.41, 5.74) is 0. The van der Waals surface area contributed by atoms with Gasteiger partial charge < -0.3 is 0 Å². The van der Waals surface area contributed by atoms with Crippen LogP contribution in [0.3, 0.4) is 0 Å². The topological polar surface area (TPSA) is 0 Å². The van der Waals surface area contributed by atoms with E-state index in [0.29, 0.717) is 0 Å². The number of rotatable bonds is 0. The van der Waals surface area contributed by atoms with Gasteiger partial charge in [0, 0.05) is 37.2 Å². The second-order valence-electron chi connectivity index (χ2n) is 0. The summed E-state index contributed by atoms with van der Waals surface area (Å²) >= 11 is 4.24. The highest BCUT2D eigenvalue weighted by Crippen LogP contribution is 1.89. The van der Waals surface area contributed by atoms with E-state index in [9.17, 15) is 0 Å². The summed E-state index contributed by atoms with van der Waals surface area (Å²) in [7, 11) is 1.67. The minimum atomic E-state index is 0. The lowest BCUT2D eigenvalue weighted by molar-refractivity contribution is 6.92. The zero-order chi connectivity index (χ0) is 4.00. The fourth-order valence-electron chi connectivity index (χ4n) is 0. The van der Waals surface area contributed by atoms with Gasteiger partial charge in [-0.25, -0.2) is 0 Å². The molecule has 0 spiro atoms. The normalized spacial score (nSPS) is 3.25. The van der Waals surface area contributed by atoms with Crippen LogP contribution in [-0.4, -0.2) is 1.28 Å². The van der Waals surface area contributed by atoms with Gasteiger partial charge in [0.2, 0.25) is 0 Å². The van der Waals surface area contributed by atoms with Gasteiger partial charge in [-0.15, -0.1) is 24.0 Å². The van der Waals surface area contributed by atoms with Gasteiger partial charge >= 0.3 is 0 Å². The van der Waals surface area contributed by atoms with Crippen molar-refractivity contribution in [3.8, 4) is 0 Å². The van der Waals surface area contributed by atoms with Crippen molar-refractivity contribution in [3.63, 3.8) is 0 Å². The third-order valence-corrected chi connectivity index (χ3v) is 0. The Kier molecular flexibility index (Phi) is 42.8. The van der Waals surface area contributed by atoms with Crippen LogP contribution in [0.25, 0.3) is 0 Å². The van der Waals surface area contributed by atoms with E-state index in [2.05, 4.69) is 37.2 Å². The standard InChI is InChI=1S/I2.HI.H3P/c1-2;;/h;1H;1H3/i;;1D. The molecule has 0 saturated carbocycles. The first-order valence-electron chi connectivity index (χ1n) is 0.720. The van der Waals surface area contributed by atoms with Crippen molar-refractivity contribution in [1.29, 1.82) is 1.28 Å². The van der Waals surface area contributed by atoms with Crippen LogP contribution in [0.2, 0.25) is 0 Å². The maximum Gasteiger partial charge on any atom is 0.0511 e. The molecular formula is H4I3P. The summed E-state index contributed by atoms with van der Waals surface area (Å²) in [6.45, 7) is 0. The molecule has 4 heteroatoms. The first kappa shape index (κ1) is 9.80. The third kappa shape index (κ3) is 8.82. The van der Waals surface area contributed by atoms with Crippen LogP contribution in [0.4, 0.5) is 0 Å². The van der Waals surface area contributed by atoms with Crippen LogP contribution in [0, 0.1) is 0 Å². The SMILES string of the molecule is I.II.[2H]P. The minimum absolute atomic E-state index is 0. The van der Waals surface area contributed by atoms with Crippen LogP contribution in [0.15, 0.2) is 0 Å². The van der Waals surface area contributed by atoms with Crippen molar-refractivity contribution in [2.45, 2.75) is 0 Å². The molecule has 0 aromatic carbocycles. The van der Waals surface area contributed by atoms with E-state index in [0.717, 1.165) is 0 Å². The smallest absolute Gasteiger partial charge is 0.0511 e. The molecule has 0 fully saturated rings. The highest BCUT2D eigenvalue weighted by atomic mass is 128. The molecule has 0 aliphatic carbocycles. The van der Waals surface area contributed by atoms with Gasteiger partial charge in [-0.2, -0.15) is 9.84 Å².